The molecule has 1 aromatic heterocycles. The molecule has 2 aromatic carbocycles. The highest BCUT2D eigenvalue weighted by Gasteiger charge is 2.20. The van der Waals surface area contributed by atoms with Crippen molar-refractivity contribution in [1.82, 2.24) is 5.16 Å². The summed E-state index contributed by atoms with van der Waals surface area (Å²) in [5.74, 6) is -0.0647. The molecule has 0 radical (unpaired) electrons. The predicted molar refractivity (Wildman–Crippen MR) is 92.5 cm³/mol. The SMILES string of the molecule is COC(=O)c1noc(C)c1Nc1ccc(-c2ccc(C#N)cc2)cc1. The number of ether oxygens (including phenoxy) is 1. The number of nitriles is 1. The molecule has 3 aromatic rings. The standard InChI is InChI=1S/C19H15N3O3/c1-12-17(18(22-25-12)19(23)24-2)21-16-9-7-15(8-10-16)14-5-3-13(11-20)4-6-14/h3-10,21H,1-2H3. The highest BCUT2D eigenvalue weighted by molar-refractivity contribution is 5.94. The lowest BCUT2D eigenvalue weighted by atomic mass is 10.0. The Morgan fingerprint density at radius 1 is 1.12 bits per heavy atom. The summed E-state index contributed by atoms with van der Waals surface area (Å²) in [6.07, 6.45) is 0. The Kier molecular flexibility index (Phi) is 4.48. The Morgan fingerprint density at radius 2 is 1.72 bits per heavy atom. The fourth-order valence-corrected chi connectivity index (χ4v) is 2.38. The fourth-order valence-electron chi connectivity index (χ4n) is 2.38. The van der Waals surface area contributed by atoms with Crippen molar-refractivity contribution in [2.24, 2.45) is 0 Å². The second kappa shape index (κ2) is 6.89. The Balaban J connectivity index is 1.83. The lowest BCUT2D eigenvalue weighted by molar-refractivity contribution is 0.0590. The summed E-state index contributed by atoms with van der Waals surface area (Å²) in [7, 11) is 1.29. The van der Waals surface area contributed by atoms with Crippen molar-refractivity contribution in [3.8, 4) is 17.2 Å². The number of aryl methyl sites for hydroxylation is 1. The minimum absolute atomic E-state index is 0.108. The summed E-state index contributed by atoms with van der Waals surface area (Å²) in [5.41, 5.74) is 4.04. The molecule has 0 bridgehead atoms. The molecule has 0 aliphatic carbocycles. The van der Waals surface area contributed by atoms with Crippen LogP contribution in [0.25, 0.3) is 11.1 Å². The van der Waals surface area contributed by atoms with E-state index >= 15 is 0 Å². The summed E-state index contributed by atoms with van der Waals surface area (Å²) in [6, 6.07) is 17.2. The van der Waals surface area contributed by atoms with E-state index in [9.17, 15) is 4.79 Å². The van der Waals surface area contributed by atoms with Crippen molar-refractivity contribution in [2.45, 2.75) is 6.92 Å². The van der Waals surface area contributed by atoms with E-state index in [-0.39, 0.29) is 5.69 Å². The number of nitrogens with one attached hydrogen (secondary N) is 1. The van der Waals surface area contributed by atoms with Gasteiger partial charge in [-0.2, -0.15) is 5.26 Å². The van der Waals surface area contributed by atoms with Crippen molar-refractivity contribution in [3.05, 3.63) is 65.5 Å². The van der Waals surface area contributed by atoms with Gasteiger partial charge in [0.25, 0.3) is 0 Å². The van der Waals surface area contributed by atoms with Gasteiger partial charge in [0.05, 0.1) is 18.7 Å². The molecular weight excluding hydrogens is 318 g/mol. The molecule has 0 amide bonds. The molecule has 6 heteroatoms. The average molecular weight is 333 g/mol. The molecule has 0 aliphatic rings. The third-order valence-corrected chi connectivity index (χ3v) is 3.74. The maximum atomic E-state index is 11.7. The van der Waals surface area contributed by atoms with Gasteiger partial charge >= 0.3 is 5.97 Å². The number of hydrogen-bond acceptors (Lipinski definition) is 6. The monoisotopic (exact) mass is 333 g/mol. The van der Waals surface area contributed by atoms with Crippen LogP contribution >= 0.6 is 0 Å². The van der Waals surface area contributed by atoms with E-state index in [1.807, 2.05) is 36.4 Å². The first-order valence-electron chi connectivity index (χ1n) is 7.54. The van der Waals surface area contributed by atoms with Crippen molar-refractivity contribution in [1.29, 1.82) is 5.26 Å². The second-order valence-corrected chi connectivity index (χ2v) is 5.35. The average Bonchev–Trinajstić information content (AvgIpc) is 3.02. The van der Waals surface area contributed by atoms with E-state index in [4.69, 9.17) is 14.5 Å². The fraction of sp³-hybridized carbons (Fsp3) is 0.105. The first-order chi connectivity index (χ1) is 12.1. The minimum Gasteiger partial charge on any atom is -0.464 e. The van der Waals surface area contributed by atoms with Crippen LogP contribution in [0.3, 0.4) is 0 Å². The van der Waals surface area contributed by atoms with Crippen LogP contribution in [0.15, 0.2) is 53.1 Å². The number of nitrogens with zero attached hydrogens (tertiary/aromatic N) is 2. The Morgan fingerprint density at radius 3 is 2.28 bits per heavy atom. The third-order valence-electron chi connectivity index (χ3n) is 3.74. The largest absolute Gasteiger partial charge is 0.464 e. The lowest BCUT2D eigenvalue weighted by Gasteiger charge is -2.08. The van der Waals surface area contributed by atoms with Crippen LogP contribution in [0.5, 0.6) is 0 Å². The number of anilines is 2. The van der Waals surface area contributed by atoms with Gasteiger partial charge in [-0.25, -0.2) is 4.79 Å². The minimum atomic E-state index is -0.562. The van der Waals surface area contributed by atoms with Gasteiger partial charge in [-0.1, -0.05) is 29.4 Å². The number of hydrogen-bond donors (Lipinski definition) is 1. The first kappa shape index (κ1) is 16.3. The predicted octanol–water partition coefficient (Wildman–Crippen LogP) is 4.05. The zero-order valence-electron chi connectivity index (χ0n) is 13.7. The van der Waals surface area contributed by atoms with Gasteiger partial charge in [0, 0.05) is 5.69 Å². The summed E-state index contributed by atoms with van der Waals surface area (Å²) in [6.45, 7) is 1.72. The van der Waals surface area contributed by atoms with Gasteiger partial charge in [0.1, 0.15) is 5.69 Å². The van der Waals surface area contributed by atoms with Crippen LogP contribution < -0.4 is 5.32 Å². The number of carbonyl (C=O) groups is 1. The lowest BCUT2D eigenvalue weighted by Crippen LogP contribution is -2.05. The molecule has 0 saturated heterocycles. The Hall–Kier alpha value is -3.59. The number of esters is 1. The summed E-state index contributed by atoms with van der Waals surface area (Å²) in [4.78, 5) is 11.7. The van der Waals surface area contributed by atoms with Crippen LogP contribution in [0, 0.1) is 18.3 Å². The molecule has 0 atom stereocenters. The molecule has 0 saturated carbocycles. The maximum absolute atomic E-state index is 11.7. The van der Waals surface area contributed by atoms with E-state index in [0.29, 0.717) is 17.0 Å². The molecule has 0 unspecified atom stereocenters. The third kappa shape index (κ3) is 3.35. The summed E-state index contributed by atoms with van der Waals surface area (Å²) >= 11 is 0. The van der Waals surface area contributed by atoms with Gasteiger partial charge in [-0.15, -0.1) is 0 Å². The van der Waals surface area contributed by atoms with Crippen LogP contribution in [0.2, 0.25) is 0 Å². The van der Waals surface area contributed by atoms with Crippen LogP contribution in [0.1, 0.15) is 21.8 Å². The van der Waals surface area contributed by atoms with Crippen molar-refractivity contribution < 1.29 is 14.1 Å². The smallest absolute Gasteiger partial charge is 0.362 e. The first-order valence-corrected chi connectivity index (χ1v) is 7.54. The molecule has 0 fully saturated rings. The molecule has 124 valence electrons. The zero-order valence-corrected chi connectivity index (χ0v) is 13.7. The molecule has 0 aliphatic heterocycles. The van der Waals surface area contributed by atoms with Crippen LogP contribution in [0.4, 0.5) is 11.4 Å². The van der Waals surface area contributed by atoms with Crippen molar-refractivity contribution >= 4 is 17.3 Å². The molecule has 1 N–H and O–H groups in total. The number of rotatable bonds is 4. The Bertz CT molecular complexity index is 936. The van der Waals surface area contributed by atoms with E-state index in [2.05, 4.69) is 16.5 Å². The van der Waals surface area contributed by atoms with Crippen LogP contribution in [-0.2, 0) is 4.74 Å². The highest BCUT2D eigenvalue weighted by atomic mass is 16.5. The van der Waals surface area contributed by atoms with Gasteiger partial charge in [0.2, 0.25) is 5.69 Å². The molecule has 3 rings (SSSR count). The Labute approximate surface area is 144 Å². The molecule has 25 heavy (non-hydrogen) atoms. The van der Waals surface area contributed by atoms with Gasteiger partial charge in [-0.3, -0.25) is 0 Å². The summed E-state index contributed by atoms with van der Waals surface area (Å²) in [5, 5.41) is 15.7. The second-order valence-electron chi connectivity index (χ2n) is 5.35. The van der Waals surface area contributed by atoms with E-state index in [1.165, 1.54) is 7.11 Å². The number of methoxy groups -OCH3 is 1. The molecule has 1 heterocycles. The maximum Gasteiger partial charge on any atom is 0.362 e. The quantitative estimate of drug-likeness (QED) is 0.725. The summed E-state index contributed by atoms with van der Waals surface area (Å²) < 4.78 is 9.77. The van der Waals surface area contributed by atoms with Gasteiger partial charge < -0.3 is 14.6 Å². The van der Waals surface area contributed by atoms with E-state index < -0.39 is 5.97 Å². The van der Waals surface area contributed by atoms with Crippen LogP contribution in [-0.4, -0.2) is 18.2 Å². The number of benzene rings is 2. The molecule has 0 spiro atoms. The topological polar surface area (TPSA) is 88.2 Å². The highest BCUT2D eigenvalue weighted by Crippen LogP contribution is 2.27. The zero-order chi connectivity index (χ0) is 17.8. The molecule has 6 nitrogen and oxygen atoms in total. The van der Waals surface area contributed by atoms with E-state index in [0.717, 1.165) is 16.8 Å². The number of aromatic nitrogens is 1. The van der Waals surface area contributed by atoms with Crippen molar-refractivity contribution in [2.75, 3.05) is 12.4 Å². The molecular formula is C19H15N3O3. The normalized spacial score (nSPS) is 10.1. The van der Waals surface area contributed by atoms with Gasteiger partial charge in [0.15, 0.2) is 5.76 Å². The van der Waals surface area contributed by atoms with Crippen molar-refractivity contribution in [3.63, 3.8) is 0 Å². The number of carbonyl (C=O) groups excluding carboxylic acids is 1. The van der Waals surface area contributed by atoms with Gasteiger partial charge in [-0.05, 0) is 42.3 Å². The van der Waals surface area contributed by atoms with E-state index in [1.54, 1.807) is 19.1 Å².